The van der Waals surface area contributed by atoms with Gasteiger partial charge in [0.25, 0.3) is 0 Å². The van der Waals surface area contributed by atoms with E-state index in [-0.39, 0.29) is 24.3 Å². The zero-order valence-electron chi connectivity index (χ0n) is 10.4. The first kappa shape index (κ1) is 14.6. The van der Waals surface area contributed by atoms with Crippen molar-refractivity contribution in [2.75, 3.05) is 6.54 Å². The Balaban J connectivity index is 2.56. The first-order valence-corrected chi connectivity index (χ1v) is 6.40. The minimum atomic E-state index is -1.09. The van der Waals surface area contributed by atoms with Gasteiger partial charge in [0.15, 0.2) is 0 Å². The number of hydrogen-bond donors (Lipinski definition) is 1. The summed E-state index contributed by atoms with van der Waals surface area (Å²) in [6, 6.07) is 4.59. The van der Waals surface area contributed by atoms with Gasteiger partial charge in [0.1, 0.15) is 12.0 Å². The molecule has 1 N–H and O–H groups in total. The van der Waals surface area contributed by atoms with Gasteiger partial charge >= 0.3 is 0 Å². The Hall–Kier alpha value is -0.480. The summed E-state index contributed by atoms with van der Waals surface area (Å²) in [5, 5.41) is 3.07. The molecule has 0 saturated heterocycles. The third-order valence-corrected chi connectivity index (χ3v) is 2.80. The van der Waals surface area contributed by atoms with Crippen molar-refractivity contribution in [3.8, 4) is 0 Å². The minimum absolute atomic E-state index is 0.0916. The van der Waals surface area contributed by atoms with E-state index < -0.39 is 6.17 Å². The lowest BCUT2D eigenvalue weighted by Crippen LogP contribution is -2.40. The largest absolute Gasteiger partial charge is 0.309 e. The predicted molar refractivity (Wildman–Crippen MR) is 70.5 cm³/mol. The van der Waals surface area contributed by atoms with E-state index in [0.717, 1.165) is 4.47 Å². The van der Waals surface area contributed by atoms with Crippen molar-refractivity contribution in [1.29, 1.82) is 0 Å². The van der Waals surface area contributed by atoms with E-state index in [1.54, 1.807) is 12.1 Å². The zero-order chi connectivity index (χ0) is 13.1. The summed E-state index contributed by atoms with van der Waals surface area (Å²) < 4.78 is 27.9. The van der Waals surface area contributed by atoms with Crippen LogP contribution in [0.4, 0.5) is 8.78 Å². The number of halogens is 3. The molecule has 1 aromatic rings. The van der Waals surface area contributed by atoms with Crippen LogP contribution >= 0.6 is 15.9 Å². The Morgan fingerprint density at radius 2 is 2.00 bits per heavy atom. The van der Waals surface area contributed by atoms with Gasteiger partial charge in [-0.1, -0.05) is 15.9 Å². The molecule has 0 spiro atoms. The maximum Gasteiger partial charge on any atom is 0.126 e. The smallest absolute Gasteiger partial charge is 0.126 e. The fourth-order valence-corrected chi connectivity index (χ4v) is 1.84. The van der Waals surface area contributed by atoms with Gasteiger partial charge in [-0.25, -0.2) is 8.78 Å². The van der Waals surface area contributed by atoms with Gasteiger partial charge in [0.05, 0.1) is 0 Å². The van der Waals surface area contributed by atoms with Crippen LogP contribution in [0.15, 0.2) is 22.7 Å². The highest BCUT2D eigenvalue weighted by Gasteiger charge is 2.15. The van der Waals surface area contributed by atoms with Gasteiger partial charge in [0, 0.05) is 23.0 Å². The molecule has 1 unspecified atom stereocenters. The van der Waals surface area contributed by atoms with Crippen LogP contribution in [-0.2, 0) is 6.42 Å². The van der Waals surface area contributed by atoms with Crippen LogP contribution in [0.3, 0.4) is 0 Å². The van der Waals surface area contributed by atoms with E-state index >= 15 is 0 Å². The van der Waals surface area contributed by atoms with E-state index in [2.05, 4.69) is 21.2 Å². The molecule has 0 bridgehead atoms. The Bertz CT molecular complexity index is 374. The highest BCUT2D eigenvalue weighted by atomic mass is 79.9. The molecule has 0 amide bonds. The molecular weight excluding hydrogens is 288 g/mol. The quantitative estimate of drug-likeness (QED) is 0.891. The van der Waals surface area contributed by atoms with Crippen LogP contribution in [0, 0.1) is 5.82 Å². The lowest BCUT2D eigenvalue weighted by Gasteiger charge is -2.22. The van der Waals surface area contributed by atoms with Crippen LogP contribution in [0.5, 0.6) is 0 Å². The first-order valence-electron chi connectivity index (χ1n) is 5.61. The molecule has 1 atom stereocenters. The van der Waals surface area contributed by atoms with Gasteiger partial charge in [-0.2, -0.15) is 0 Å². The van der Waals surface area contributed by atoms with Gasteiger partial charge in [0.2, 0.25) is 0 Å². The lowest BCUT2D eigenvalue weighted by atomic mass is 10.1. The normalized spacial score (nSPS) is 13.8. The third-order valence-electron chi connectivity index (χ3n) is 2.30. The number of benzene rings is 1. The summed E-state index contributed by atoms with van der Waals surface area (Å²) in [6.07, 6.45) is -0.994. The zero-order valence-corrected chi connectivity index (χ0v) is 11.9. The number of hydrogen-bond acceptors (Lipinski definition) is 1. The predicted octanol–water partition coefficient (Wildman–Crippen LogP) is 3.86. The molecule has 0 saturated carbocycles. The summed E-state index contributed by atoms with van der Waals surface area (Å²) in [5.74, 6) is -0.355. The fraction of sp³-hybridized carbons (Fsp3) is 0.538. The molecule has 0 heterocycles. The summed E-state index contributed by atoms with van der Waals surface area (Å²) >= 11 is 3.25. The fourth-order valence-electron chi connectivity index (χ4n) is 1.43. The van der Waals surface area contributed by atoms with E-state index in [0.29, 0.717) is 5.56 Å². The molecule has 0 aliphatic carbocycles. The van der Waals surface area contributed by atoms with E-state index in [1.165, 1.54) is 6.07 Å². The van der Waals surface area contributed by atoms with Crippen molar-refractivity contribution < 1.29 is 8.78 Å². The van der Waals surface area contributed by atoms with E-state index in [9.17, 15) is 8.78 Å². The molecule has 0 radical (unpaired) electrons. The van der Waals surface area contributed by atoms with Crippen LogP contribution < -0.4 is 5.32 Å². The van der Waals surface area contributed by atoms with Gasteiger partial charge in [-0.15, -0.1) is 0 Å². The highest BCUT2D eigenvalue weighted by molar-refractivity contribution is 9.10. The second-order valence-corrected chi connectivity index (χ2v) is 6.08. The summed E-state index contributed by atoms with van der Waals surface area (Å²) in [5.41, 5.74) is 0.280. The van der Waals surface area contributed by atoms with E-state index in [1.807, 2.05) is 20.8 Å². The van der Waals surface area contributed by atoms with Crippen molar-refractivity contribution in [1.82, 2.24) is 5.32 Å². The molecule has 1 aromatic carbocycles. The van der Waals surface area contributed by atoms with Crippen molar-refractivity contribution in [2.45, 2.75) is 38.9 Å². The highest BCUT2D eigenvalue weighted by Crippen LogP contribution is 2.17. The monoisotopic (exact) mass is 305 g/mol. The summed E-state index contributed by atoms with van der Waals surface area (Å²) in [6.45, 7) is 6.15. The van der Waals surface area contributed by atoms with Crippen LogP contribution in [-0.4, -0.2) is 18.3 Å². The molecule has 1 nitrogen and oxygen atoms in total. The third kappa shape index (κ3) is 5.59. The van der Waals surface area contributed by atoms with E-state index in [4.69, 9.17) is 0 Å². The number of alkyl halides is 1. The van der Waals surface area contributed by atoms with Crippen molar-refractivity contribution in [3.05, 3.63) is 34.1 Å². The van der Waals surface area contributed by atoms with Crippen molar-refractivity contribution in [2.24, 2.45) is 0 Å². The Kier molecular flexibility index (Phi) is 5.07. The Labute approximate surface area is 110 Å². The number of nitrogens with one attached hydrogen (secondary N) is 1. The molecule has 0 aliphatic heterocycles. The molecular formula is C13H18BrF2N. The van der Waals surface area contributed by atoms with Gasteiger partial charge in [-0.3, -0.25) is 0 Å². The Morgan fingerprint density at radius 3 is 2.59 bits per heavy atom. The van der Waals surface area contributed by atoms with Crippen molar-refractivity contribution >= 4 is 15.9 Å². The second-order valence-electron chi connectivity index (χ2n) is 5.17. The summed E-state index contributed by atoms with van der Waals surface area (Å²) in [4.78, 5) is 0. The van der Waals surface area contributed by atoms with Crippen molar-refractivity contribution in [3.63, 3.8) is 0 Å². The van der Waals surface area contributed by atoms with Crippen LogP contribution in [0.1, 0.15) is 26.3 Å². The minimum Gasteiger partial charge on any atom is -0.309 e. The molecule has 0 fully saturated rings. The molecule has 4 heteroatoms. The molecule has 0 aliphatic rings. The second kappa shape index (κ2) is 5.91. The average molecular weight is 306 g/mol. The first-order chi connectivity index (χ1) is 7.78. The maximum atomic E-state index is 13.7. The van der Waals surface area contributed by atoms with Gasteiger partial charge in [-0.05, 0) is 44.5 Å². The van der Waals surface area contributed by atoms with Gasteiger partial charge < -0.3 is 5.32 Å². The SMILES string of the molecule is CC(C)(C)NCC(F)Cc1cc(Br)ccc1F. The standard InChI is InChI=1S/C13H18BrF2N/c1-13(2,3)17-8-11(15)7-9-6-10(14)4-5-12(9)16/h4-6,11,17H,7-8H2,1-3H3. The molecule has 0 aromatic heterocycles. The molecule has 1 rings (SSSR count). The molecule has 17 heavy (non-hydrogen) atoms. The van der Waals surface area contributed by atoms with Crippen LogP contribution in [0.25, 0.3) is 0 Å². The van der Waals surface area contributed by atoms with Crippen LogP contribution in [0.2, 0.25) is 0 Å². The lowest BCUT2D eigenvalue weighted by molar-refractivity contribution is 0.282. The topological polar surface area (TPSA) is 12.0 Å². The maximum absolute atomic E-state index is 13.7. The summed E-state index contributed by atoms with van der Waals surface area (Å²) in [7, 11) is 0. The average Bonchev–Trinajstić information content (AvgIpc) is 2.20. The molecule has 96 valence electrons. The number of rotatable bonds is 4. The Morgan fingerprint density at radius 1 is 1.35 bits per heavy atom.